The summed E-state index contributed by atoms with van der Waals surface area (Å²) in [5, 5.41) is 0. The molecule has 0 aromatic heterocycles. The number of benzene rings is 1. The summed E-state index contributed by atoms with van der Waals surface area (Å²) in [7, 11) is 0. The van der Waals surface area contributed by atoms with Crippen molar-refractivity contribution >= 4 is 0 Å². The fraction of sp³-hybridized carbons (Fsp3) is 0.647. The van der Waals surface area contributed by atoms with E-state index in [1.165, 1.54) is 36.9 Å². The maximum atomic E-state index is 6.09. The van der Waals surface area contributed by atoms with Crippen LogP contribution in [-0.4, -0.2) is 24.0 Å². The third-order valence-electron chi connectivity index (χ3n) is 4.52. The van der Waals surface area contributed by atoms with Gasteiger partial charge in [-0.25, -0.2) is 0 Å². The fourth-order valence-corrected chi connectivity index (χ4v) is 3.45. The molecule has 2 rings (SSSR count). The Morgan fingerprint density at radius 2 is 2.00 bits per heavy atom. The molecule has 0 bridgehead atoms. The van der Waals surface area contributed by atoms with Gasteiger partial charge in [0, 0.05) is 12.1 Å². The van der Waals surface area contributed by atoms with Gasteiger partial charge in [0.25, 0.3) is 0 Å². The third-order valence-corrected chi connectivity index (χ3v) is 4.52. The highest BCUT2D eigenvalue weighted by molar-refractivity contribution is 5.29. The van der Waals surface area contributed by atoms with Gasteiger partial charge in [0.15, 0.2) is 0 Å². The molecule has 2 nitrogen and oxygen atoms in total. The van der Waals surface area contributed by atoms with Crippen LogP contribution in [0, 0.1) is 12.8 Å². The number of rotatable bonds is 3. The Labute approximate surface area is 118 Å². The molecule has 0 spiro atoms. The average Bonchev–Trinajstić information content (AvgIpc) is 2.61. The molecule has 0 amide bonds. The van der Waals surface area contributed by atoms with Gasteiger partial charge in [-0.15, -0.1) is 0 Å². The van der Waals surface area contributed by atoms with E-state index in [1.54, 1.807) is 0 Å². The summed E-state index contributed by atoms with van der Waals surface area (Å²) >= 11 is 0. The van der Waals surface area contributed by atoms with E-state index in [4.69, 9.17) is 5.73 Å². The van der Waals surface area contributed by atoms with E-state index >= 15 is 0 Å². The van der Waals surface area contributed by atoms with Crippen molar-refractivity contribution in [3.05, 3.63) is 35.4 Å². The zero-order chi connectivity index (χ0) is 13.8. The molecule has 2 unspecified atom stereocenters. The highest BCUT2D eigenvalue weighted by atomic mass is 15.2. The Morgan fingerprint density at radius 3 is 2.63 bits per heavy atom. The molecular weight excluding hydrogens is 232 g/mol. The molecule has 2 heteroatoms. The monoisotopic (exact) mass is 260 g/mol. The lowest BCUT2D eigenvalue weighted by molar-refractivity contribution is 0.121. The minimum Gasteiger partial charge on any atom is -0.330 e. The number of hydrogen-bond acceptors (Lipinski definition) is 2. The molecular formula is C17H28N2. The first kappa shape index (κ1) is 14.5. The standard InChI is InChI=1S/C17H28N2/c1-13(2)19-11-7-6-9-15(12-18)17(19)16-10-5-4-8-14(16)3/h4-5,8,10,13,15,17H,6-7,9,11-12,18H2,1-3H3. The van der Waals surface area contributed by atoms with Crippen molar-refractivity contribution in [3.8, 4) is 0 Å². The van der Waals surface area contributed by atoms with Crippen molar-refractivity contribution in [1.82, 2.24) is 4.90 Å². The van der Waals surface area contributed by atoms with Crippen LogP contribution in [0.2, 0.25) is 0 Å². The molecule has 1 aliphatic heterocycles. The molecule has 1 aromatic carbocycles. The molecule has 2 atom stereocenters. The Kier molecular flexibility index (Phi) is 5.00. The number of nitrogens with two attached hydrogens (primary N) is 1. The number of nitrogens with zero attached hydrogens (tertiary/aromatic N) is 1. The van der Waals surface area contributed by atoms with Gasteiger partial charge in [-0.2, -0.15) is 0 Å². The van der Waals surface area contributed by atoms with E-state index in [0.29, 0.717) is 18.0 Å². The van der Waals surface area contributed by atoms with Gasteiger partial charge in [0.05, 0.1) is 0 Å². The van der Waals surface area contributed by atoms with Gasteiger partial charge in [0.2, 0.25) is 0 Å². The van der Waals surface area contributed by atoms with E-state index in [0.717, 1.165) is 6.54 Å². The van der Waals surface area contributed by atoms with Gasteiger partial charge in [-0.1, -0.05) is 30.7 Å². The number of hydrogen-bond donors (Lipinski definition) is 1. The predicted octanol–water partition coefficient (Wildman–Crippen LogP) is 3.51. The minimum atomic E-state index is 0.494. The Hall–Kier alpha value is -0.860. The van der Waals surface area contributed by atoms with Crippen LogP contribution >= 0.6 is 0 Å². The van der Waals surface area contributed by atoms with Gasteiger partial charge in [0.1, 0.15) is 0 Å². The second-order valence-electron chi connectivity index (χ2n) is 6.12. The van der Waals surface area contributed by atoms with Crippen molar-refractivity contribution in [2.75, 3.05) is 13.1 Å². The first-order valence-corrected chi connectivity index (χ1v) is 7.66. The van der Waals surface area contributed by atoms with Crippen molar-refractivity contribution in [3.63, 3.8) is 0 Å². The predicted molar refractivity (Wildman–Crippen MR) is 82.2 cm³/mol. The zero-order valence-corrected chi connectivity index (χ0v) is 12.6. The highest BCUT2D eigenvalue weighted by Gasteiger charge is 2.32. The van der Waals surface area contributed by atoms with Crippen LogP contribution in [0.4, 0.5) is 0 Å². The molecule has 0 saturated carbocycles. The lowest BCUT2D eigenvalue weighted by Crippen LogP contribution is -2.40. The Balaban J connectivity index is 2.40. The maximum Gasteiger partial charge on any atom is 0.0393 e. The lowest BCUT2D eigenvalue weighted by Gasteiger charge is -2.38. The maximum absolute atomic E-state index is 6.09. The van der Waals surface area contributed by atoms with Gasteiger partial charge in [-0.05, 0) is 63.7 Å². The van der Waals surface area contributed by atoms with Crippen molar-refractivity contribution in [1.29, 1.82) is 0 Å². The summed E-state index contributed by atoms with van der Waals surface area (Å²) in [6.07, 6.45) is 3.88. The minimum absolute atomic E-state index is 0.494. The third kappa shape index (κ3) is 3.18. The summed E-state index contributed by atoms with van der Waals surface area (Å²) in [5.74, 6) is 0.589. The normalized spacial score (nSPS) is 25.5. The van der Waals surface area contributed by atoms with E-state index in [9.17, 15) is 0 Å². The highest BCUT2D eigenvalue weighted by Crippen LogP contribution is 2.37. The summed E-state index contributed by atoms with van der Waals surface area (Å²) < 4.78 is 0. The van der Waals surface area contributed by atoms with E-state index in [-0.39, 0.29) is 0 Å². The molecule has 1 aromatic rings. The smallest absolute Gasteiger partial charge is 0.0393 e. The molecule has 19 heavy (non-hydrogen) atoms. The summed E-state index contributed by atoms with van der Waals surface area (Å²) in [4.78, 5) is 2.66. The molecule has 1 heterocycles. The quantitative estimate of drug-likeness (QED) is 0.901. The topological polar surface area (TPSA) is 29.3 Å². The van der Waals surface area contributed by atoms with Gasteiger partial charge in [-0.3, -0.25) is 4.90 Å². The lowest BCUT2D eigenvalue weighted by atomic mass is 9.86. The average molecular weight is 260 g/mol. The van der Waals surface area contributed by atoms with Crippen molar-refractivity contribution in [2.45, 2.75) is 52.1 Å². The first-order valence-electron chi connectivity index (χ1n) is 7.66. The summed E-state index contributed by atoms with van der Waals surface area (Å²) in [6.45, 7) is 8.84. The van der Waals surface area contributed by atoms with Crippen LogP contribution in [-0.2, 0) is 0 Å². The van der Waals surface area contributed by atoms with Crippen LogP contribution in [0.1, 0.15) is 50.3 Å². The van der Waals surface area contributed by atoms with E-state index < -0.39 is 0 Å². The zero-order valence-electron chi connectivity index (χ0n) is 12.6. The van der Waals surface area contributed by atoms with E-state index in [1.807, 2.05) is 0 Å². The van der Waals surface area contributed by atoms with Crippen LogP contribution < -0.4 is 5.73 Å². The van der Waals surface area contributed by atoms with Crippen LogP contribution in [0.3, 0.4) is 0 Å². The fourth-order valence-electron chi connectivity index (χ4n) is 3.45. The number of aryl methyl sites for hydroxylation is 1. The molecule has 1 fully saturated rings. The second-order valence-corrected chi connectivity index (χ2v) is 6.12. The summed E-state index contributed by atoms with van der Waals surface area (Å²) in [5.41, 5.74) is 8.97. The van der Waals surface area contributed by atoms with Gasteiger partial charge >= 0.3 is 0 Å². The number of likely N-dealkylation sites (tertiary alicyclic amines) is 1. The molecule has 1 saturated heterocycles. The SMILES string of the molecule is Cc1ccccc1C1C(CN)CCCCN1C(C)C. The largest absolute Gasteiger partial charge is 0.330 e. The molecule has 0 radical (unpaired) electrons. The molecule has 0 aliphatic carbocycles. The molecule has 2 N–H and O–H groups in total. The molecule has 1 aliphatic rings. The Bertz CT molecular complexity index is 400. The summed E-state index contributed by atoms with van der Waals surface area (Å²) in [6, 6.07) is 9.90. The molecule has 106 valence electrons. The van der Waals surface area contributed by atoms with Crippen LogP contribution in [0.15, 0.2) is 24.3 Å². The van der Waals surface area contributed by atoms with Gasteiger partial charge < -0.3 is 5.73 Å². The van der Waals surface area contributed by atoms with E-state index in [2.05, 4.69) is 49.9 Å². The Morgan fingerprint density at radius 1 is 1.26 bits per heavy atom. The van der Waals surface area contributed by atoms with Crippen molar-refractivity contribution in [2.24, 2.45) is 11.7 Å². The van der Waals surface area contributed by atoms with Crippen LogP contribution in [0.25, 0.3) is 0 Å². The first-order chi connectivity index (χ1) is 9.15. The second kappa shape index (κ2) is 6.53. The van der Waals surface area contributed by atoms with Crippen LogP contribution in [0.5, 0.6) is 0 Å². The van der Waals surface area contributed by atoms with Crippen molar-refractivity contribution < 1.29 is 0 Å².